The van der Waals surface area contributed by atoms with E-state index in [1.165, 1.54) is 36.3 Å². The van der Waals surface area contributed by atoms with Crippen LogP contribution in [0.4, 0.5) is 13.2 Å². The van der Waals surface area contributed by atoms with Gasteiger partial charge in [-0.25, -0.2) is 9.50 Å². The van der Waals surface area contributed by atoms with Gasteiger partial charge in [0.05, 0.1) is 17.3 Å². The van der Waals surface area contributed by atoms with Gasteiger partial charge in [-0.3, -0.25) is 4.79 Å². The van der Waals surface area contributed by atoms with Crippen molar-refractivity contribution in [3.8, 4) is 0 Å². The zero-order valence-electron chi connectivity index (χ0n) is 19.6. The first-order valence-electron chi connectivity index (χ1n) is 12.4. The maximum atomic E-state index is 14.2. The van der Waals surface area contributed by atoms with Crippen molar-refractivity contribution in [3.05, 3.63) is 29.2 Å². The molecule has 5 aliphatic rings. The highest BCUT2D eigenvalue weighted by atomic mass is 19.4. The first-order valence-corrected chi connectivity index (χ1v) is 12.4. The average Bonchev–Trinajstić information content (AvgIpc) is 3.17. The molecule has 1 atom stereocenters. The van der Waals surface area contributed by atoms with Gasteiger partial charge in [0.25, 0.3) is 5.91 Å². The Labute approximate surface area is 196 Å². The summed E-state index contributed by atoms with van der Waals surface area (Å²) in [5, 5.41) is 14.5. The minimum atomic E-state index is -4.62. The van der Waals surface area contributed by atoms with Gasteiger partial charge in [0.1, 0.15) is 5.69 Å². The number of carbonyl (C=O) groups excluding carboxylic acids is 1. The van der Waals surface area contributed by atoms with Gasteiger partial charge >= 0.3 is 6.18 Å². The van der Waals surface area contributed by atoms with E-state index >= 15 is 0 Å². The Morgan fingerprint density at radius 1 is 1.09 bits per heavy atom. The van der Waals surface area contributed by atoms with Crippen molar-refractivity contribution >= 4 is 11.6 Å². The van der Waals surface area contributed by atoms with E-state index in [4.69, 9.17) is 4.98 Å². The minimum absolute atomic E-state index is 0.0668. The first kappa shape index (κ1) is 22.3. The molecule has 7 rings (SSSR count). The molecule has 6 nitrogen and oxygen atoms in total. The molecule has 0 spiro atoms. The summed E-state index contributed by atoms with van der Waals surface area (Å²) in [6, 6.07) is 2.58. The van der Waals surface area contributed by atoms with Crippen LogP contribution in [0.15, 0.2) is 12.1 Å². The zero-order chi connectivity index (χ0) is 24.0. The minimum Gasteiger partial charge on any atom is -0.391 e. The summed E-state index contributed by atoms with van der Waals surface area (Å²) in [7, 11) is 0. The fourth-order valence-electron chi connectivity index (χ4n) is 7.74. The van der Waals surface area contributed by atoms with Crippen molar-refractivity contribution in [1.29, 1.82) is 0 Å². The van der Waals surface area contributed by atoms with Gasteiger partial charge in [-0.05, 0) is 89.0 Å². The van der Waals surface area contributed by atoms with Gasteiger partial charge in [0.15, 0.2) is 11.3 Å². The van der Waals surface area contributed by atoms with Crippen LogP contribution in [0.2, 0.25) is 0 Å². The lowest BCUT2D eigenvalue weighted by atomic mass is 9.49. The van der Waals surface area contributed by atoms with Gasteiger partial charge in [-0.2, -0.15) is 18.3 Å². The number of aromatic nitrogens is 3. The number of amides is 1. The average molecular weight is 477 g/mol. The van der Waals surface area contributed by atoms with Crippen LogP contribution in [0.5, 0.6) is 0 Å². The third kappa shape index (κ3) is 3.29. The predicted octanol–water partition coefficient (Wildman–Crippen LogP) is 4.59. The molecule has 5 fully saturated rings. The lowest BCUT2D eigenvalue weighted by molar-refractivity contribution is -0.142. The van der Waals surface area contributed by atoms with Crippen molar-refractivity contribution in [1.82, 2.24) is 19.5 Å². The lowest BCUT2D eigenvalue weighted by Crippen LogP contribution is -2.58. The van der Waals surface area contributed by atoms with E-state index in [-0.39, 0.29) is 16.8 Å². The smallest absolute Gasteiger partial charge is 0.391 e. The summed E-state index contributed by atoms with van der Waals surface area (Å²) < 4.78 is 43.4. The highest BCUT2D eigenvalue weighted by molar-refractivity contribution is 5.94. The summed E-state index contributed by atoms with van der Waals surface area (Å²) >= 11 is 0. The van der Waals surface area contributed by atoms with Gasteiger partial charge in [0.2, 0.25) is 0 Å². The normalized spacial score (nSPS) is 34.7. The molecule has 34 heavy (non-hydrogen) atoms. The van der Waals surface area contributed by atoms with Crippen LogP contribution < -0.4 is 0 Å². The molecule has 1 saturated heterocycles. The van der Waals surface area contributed by atoms with Crippen molar-refractivity contribution in [2.24, 2.45) is 17.8 Å². The maximum absolute atomic E-state index is 14.2. The summed E-state index contributed by atoms with van der Waals surface area (Å²) in [4.78, 5) is 19.6. The number of fused-ring (bicyclic) bond motifs is 1. The van der Waals surface area contributed by atoms with Crippen LogP contribution in [0.3, 0.4) is 0 Å². The molecule has 1 unspecified atom stereocenters. The van der Waals surface area contributed by atoms with Gasteiger partial charge in [-0.1, -0.05) is 0 Å². The van der Waals surface area contributed by atoms with E-state index in [9.17, 15) is 23.1 Å². The fourth-order valence-corrected chi connectivity index (χ4v) is 7.74. The third-order valence-electron chi connectivity index (χ3n) is 9.13. The third-order valence-corrected chi connectivity index (χ3v) is 9.13. The Morgan fingerprint density at radius 3 is 2.29 bits per heavy atom. The number of aliphatic hydroxyl groups is 1. The number of hydrogen-bond acceptors (Lipinski definition) is 4. The molecule has 0 radical (unpaired) electrons. The van der Waals surface area contributed by atoms with Crippen molar-refractivity contribution in [3.63, 3.8) is 0 Å². The predicted molar refractivity (Wildman–Crippen MR) is 118 cm³/mol. The molecule has 3 heterocycles. The molecule has 184 valence electrons. The molecule has 4 aliphatic carbocycles. The summed E-state index contributed by atoms with van der Waals surface area (Å²) in [6.45, 7) is 3.97. The molecule has 4 saturated carbocycles. The number of rotatable bonds is 2. The van der Waals surface area contributed by atoms with Crippen LogP contribution in [-0.4, -0.2) is 48.7 Å². The van der Waals surface area contributed by atoms with E-state index in [0.29, 0.717) is 42.8 Å². The molecular formula is C25H31F3N4O2. The quantitative estimate of drug-likeness (QED) is 0.688. The van der Waals surface area contributed by atoms with E-state index < -0.39 is 29.4 Å². The molecule has 0 aromatic carbocycles. The van der Waals surface area contributed by atoms with Crippen LogP contribution in [0.1, 0.15) is 87.1 Å². The Morgan fingerprint density at radius 2 is 1.71 bits per heavy atom. The number of likely N-dealkylation sites (tertiary alicyclic amines) is 1. The second-order valence-electron chi connectivity index (χ2n) is 11.8. The van der Waals surface area contributed by atoms with Crippen LogP contribution in [0, 0.1) is 17.8 Å². The van der Waals surface area contributed by atoms with Gasteiger partial charge in [0, 0.05) is 18.0 Å². The first-order chi connectivity index (χ1) is 16.0. The Balaban J connectivity index is 1.44. The molecule has 1 amide bonds. The Kier molecular flexibility index (Phi) is 4.71. The van der Waals surface area contributed by atoms with E-state index in [2.05, 4.69) is 5.10 Å². The zero-order valence-corrected chi connectivity index (χ0v) is 19.6. The van der Waals surface area contributed by atoms with Crippen LogP contribution in [0.25, 0.3) is 5.65 Å². The molecule has 1 N–H and O–H groups in total. The number of piperidine rings is 1. The molecule has 4 bridgehead atoms. The fraction of sp³-hybridized carbons (Fsp3) is 0.720. The van der Waals surface area contributed by atoms with Crippen LogP contribution >= 0.6 is 0 Å². The highest BCUT2D eigenvalue weighted by Gasteiger charge is 2.53. The molecule has 2 aromatic rings. The number of aliphatic hydroxyl groups excluding tert-OH is 1. The maximum Gasteiger partial charge on any atom is 0.433 e. The SMILES string of the molecule is CC1(C)C(O)CCCN1C(=O)c1cc2nc(C34CC5CC(CC(C5)C3)C4)cc(C(F)(F)F)n2n1. The van der Waals surface area contributed by atoms with E-state index in [0.717, 1.165) is 23.8 Å². The number of nitrogens with zero attached hydrogens (tertiary/aromatic N) is 4. The summed E-state index contributed by atoms with van der Waals surface area (Å²) in [5.41, 5.74) is -1.49. The van der Waals surface area contributed by atoms with Gasteiger partial charge in [-0.15, -0.1) is 0 Å². The molecular weight excluding hydrogens is 445 g/mol. The number of carbonyl (C=O) groups is 1. The molecule has 9 heteroatoms. The monoisotopic (exact) mass is 476 g/mol. The summed E-state index contributed by atoms with van der Waals surface area (Å²) in [5.74, 6) is 1.26. The van der Waals surface area contributed by atoms with Crippen molar-refractivity contribution in [2.75, 3.05) is 6.54 Å². The van der Waals surface area contributed by atoms with Crippen LogP contribution in [-0.2, 0) is 11.6 Å². The van der Waals surface area contributed by atoms with Crippen molar-refractivity contribution in [2.45, 2.75) is 88.4 Å². The number of alkyl halides is 3. The molecule has 2 aromatic heterocycles. The molecule has 1 aliphatic heterocycles. The standard InChI is InChI=1S/C25H31F3N4O2/c1-23(2)20(33)4-3-5-31(23)22(34)17-9-21-29-18(10-19(25(26,27)28)32(21)30-17)24-11-14-6-15(12-24)8-16(7-14)13-24/h9-10,14-16,20,33H,3-8,11-13H2,1-2H3. The Bertz CT molecular complexity index is 1120. The Hall–Kier alpha value is -2.16. The van der Waals surface area contributed by atoms with Gasteiger partial charge < -0.3 is 10.0 Å². The number of hydrogen-bond donors (Lipinski definition) is 1. The summed E-state index contributed by atoms with van der Waals surface area (Å²) in [6.07, 6.45) is 2.17. The second kappa shape index (κ2) is 7.18. The van der Waals surface area contributed by atoms with E-state index in [1.54, 1.807) is 13.8 Å². The van der Waals surface area contributed by atoms with Crippen molar-refractivity contribution < 1.29 is 23.1 Å². The highest BCUT2D eigenvalue weighted by Crippen LogP contribution is 2.60. The lowest BCUT2D eigenvalue weighted by Gasteiger charge is -2.56. The second-order valence-corrected chi connectivity index (χ2v) is 11.8. The topological polar surface area (TPSA) is 70.7 Å². The number of halogens is 3. The largest absolute Gasteiger partial charge is 0.433 e. The van der Waals surface area contributed by atoms with E-state index in [1.807, 2.05) is 0 Å².